The molecule has 0 N–H and O–H groups in total. The Hall–Kier alpha value is -1.19. The van der Waals surface area contributed by atoms with Crippen molar-refractivity contribution in [2.24, 2.45) is 0 Å². The van der Waals surface area contributed by atoms with Crippen molar-refractivity contribution in [3.63, 3.8) is 0 Å². The summed E-state index contributed by atoms with van der Waals surface area (Å²) in [5.41, 5.74) is 0.584. The Morgan fingerprint density at radius 2 is 2.24 bits per heavy atom. The molecule has 0 saturated carbocycles. The van der Waals surface area contributed by atoms with Crippen LogP contribution in [0.4, 0.5) is 4.39 Å². The highest BCUT2D eigenvalue weighted by Gasteiger charge is 2.12. The molecule has 3 heteroatoms. The summed E-state index contributed by atoms with van der Waals surface area (Å²) in [6.45, 7) is 1.24. The highest BCUT2D eigenvalue weighted by molar-refractivity contribution is 5.49. The number of hydrogen-bond donors (Lipinski definition) is 0. The molecule has 1 atom stereocenters. The summed E-state index contributed by atoms with van der Waals surface area (Å²) in [6.07, 6.45) is 6.68. The molecule has 2 rings (SSSR count). The molecular weight excluding hydrogens is 219 g/mol. The molecule has 1 unspecified atom stereocenters. The summed E-state index contributed by atoms with van der Waals surface area (Å²) in [5.74, 6) is -0.210. The monoisotopic (exact) mass is 236 g/mol. The lowest BCUT2D eigenvalue weighted by atomic mass is 10.2. The first-order valence-electron chi connectivity index (χ1n) is 6.00. The van der Waals surface area contributed by atoms with Gasteiger partial charge in [-0.3, -0.25) is 0 Å². The van der Waals surface area contributed by atoms with E-state index in [4.69, 9.17) is 9.47 Å². The fourth-order valence-electron chi connectivity index (χ4n) is 1.79. The van der Waals surface area contributed by atoms with Gasteiger partial charge in [0.25, 0.3) is 0 Å². The molecule has 1 fully saturated rings. The van der Waals surface area contributed by atoms with Crippen molar-refractivity contribution in [2.45, 2.75) is 25.6 Å². The standard InChI is InChI=1S/C14H17FO2/c15-13-8-2-1-6-12(13)7-5-11-17-14-9-3-4-10-16-14/h1-2,5-8,14H,3-4,9-11H2. The topological polar surface area (TPSA) is 18.5 Å². The average molecular weight is 236 g/mol. The average Bonchev–Trinajstić information content (AvgIpc) is 2.38. The van der Waals surface area contributed by atoms with Crippen LogP contribution in [-0.4, -0.2) is 19.5 Å². The number of benzene rings is 1. The highest BCUT2D eigenvalue weighted by atomic mass is 19.1. The van der Waals surface area contributed by atoms with E-state index < -0.39 is 0 Å². The number of halogens is 1. The second-order valence-electron chi connectivity index (χ2n) is 4.05. The summed E-state index contributed by atoms with van der Waals surface area (Å²) < 4.78 is 24.2. The maximum atomic E-state index is 13.3. The van der Waals surface area contributed by atoms with Crippen LogP contribution in [0.5, 0.6) is 0 Å². The van der Waals surface area contributed by atoms with Gasteiger partial charge in [-0.25, -0.2) is 4.39 Å². The zero-order chi connectivity index (χ0) is 11.9. The SMILES string of the molecule is Fc1ccccc1C=CCOC1CCCCO1. The lowest BCUT2D eigenvalue weighted by molar-refractivity contribution is -0.155. The quantitative estimate of drug-likeness (QED) is 0.797. The van der Waals surface area contributed by atoms with Crippen LogP contribution in [0.1, 0.15) is 24.8 Å². The minimum atomic E-state index is -0.210. The van der Waals surface area contributed by atoms with Crippen LogP contribution in [-0.2, 0) is 9.47 Å². The van der Waals surface area contributed by atoms with Crippen molar-refractivity contribution in [2.75, 3.05) is 13.2 Å². The Bertz CT molecular complexity index is 370. The van der Waals surface area contributed by atoms with Crippen LogP contribution < -0.4 is 0 Å². The largest absolute Gasteiger partial charge is 0.353 e. The van der Waals surface area contributed by atoms with Crippen molar-refractivity contribution in [3.05, 3.63) is 41.7 Å². The molecule has 1 heterocycles. The molecular formula is C14H17FO2. The molecule has 2 nitrogen and oxygen atoms in total. The lowest BCUT2D eigenvalue weighted by Crippen LogP contribution is -2.22. The van der Waals surface area contributed by atoms with Crippen molar-refractivity contribution in [1.29, 1.82) is 0 Å². The van der Waals surface area contributed by atoms with Gasteiger partial charge in [0, 0.05) is 12.2 Å². The molecule has 1 saturated heterocycles. The van der Waals surface area contributed by atoms with Gasteiger partial charge in [0.2, 0.25) is 0 Å². The van der Waals surface area contributed by atoms with Crippen LogP contribution in [0.2, 0.25) is 0 Å². The van der Waals surface area contributed by atoms with Crippen LogP contribution in [0, 0.1) is 5.82 Å². The van der Waals surface area contributed by atoms with Crippen LogP contribution in [0.15, 0.2) is 30.3 Å². The fourth-order valence-corrected chi connectivity index (χ4v) is 1.79. The first kappa shape index (κ1) is 12.3. The van der Waals surface area contributed by atoms with E-state index in [1.165, 1.54) is 6.07 Å². The van der Waals surface area contributed by atoms with Crippen molar-refractivity contribution < 1.29 is 13.9 Å². The van der Waals surface area contributed by atoms with Gasteiger partial charge in [-0.1, -0.05) is 30.4 Å². The maximum Gasteiger partial charge on any atom is 0.157 e. The molecule has 1 aromatic carbocycles. The van der Waals surface area contributed by atoms with Crippen LogP contribution >= 0.6 is 0 Å². The van der Waals surface area contributed by atoms with E-state index >= 15 is 0 Å². The van der Waals surface area contributed by atoms with Gasteiger partial charge in [-0.2, -0.15) is 0 Å². The second kappa shape index (κ2) is 6.52. The van der Waals surface area contributed by atoms with Gasteiger partial charge < -0.3 is 9.47 Å². The first-order chi connectivity index (χ1) is 8.36. The Kier molecular flexibility index (Phi) is 4.71. The molecule has 17 heavy (non-hydrogen) atoms. The van der Waals surface area contributed by atoms with Crippen LogP contribution in [0.25, 0.3) is 6.08 Å². The Balaban J connectivity index is 1.76. The molecule has 92 valence electrons. The van der Waals surface area contributed by atoms with E-state index in [0.29, 0.717) is 12.2 Å². The van der Waals surface area contributed by atoms with Gasteiger partial charge in [-0.05, 0) is 25.3 Å². The Morgan fingerprint density at radius 3 is 3.00 bits per heavy atom. The van der Waals surface area contributed by atoms with Gasteiger partial charge in [0.1, 0.15) is 5.82 Å². The Morgan fingerprint density at radius 1 is 1.35 bits per heavy atom. The zero-order valence-corrected chi connectivity index (χ0v) is 9.77. The van der Waals surface area contributed by atoms with E-state index in [9.17, 15) is 4.39 Å². The zero-order valence-electron chi connectivity index (χ0n) is 9.77. The van der Waals surface area contributed by atoms with Gasteiger partial charge in [0.05, 0.1) is 6.61 Å². The number of rotatable bonds is 4. The molecule has 0 aliphatic carbocycles. The van der Waals surface area contributed by atoms with E-state index in [1.807, 2.05) is 12.1 Å². The second-order valence-corrected chi connectivity index (χ2v) is 4.05. The van der Waals surface area contributed by atoms with Crippen LogP contribution in [0.3, 0.4) is 0 Å². The molecule has 0 amide bonds. The highest BCUT2D eigenvalue weighted by Crippen LogP contribution is 2.14. The third-order valence-corrected chi connectivity index (χ3v) is 2.72. The van der Waals surface area contributed by atoms with Gasteiger partial charge in [0.15, 0.2) is 6.29 Å². The normalized spacial score (nSPS) is 20.9. The van der Waals surface area contributed by atoms with E-state index in [0.717, 1.165) is 25.9 Å². The van der Waals surface area contributed by atoms with E-state index in [2.05, 4.69) is 0 Å². The predicted molar refractivity (Wildman–Crippen MR) is 65.0 cm³/mol. The van der Waals surface area contributed by atoms with E-state index in [-0.39, 0.29) is 12.1 Å². The summed E-state index contributed by atoms with van der Waals surface area (Å²) in [4.78, 5) is 0. The third kappa shape index (κ3) is 3.95. The molecule has 1 aromatic rings. The summed E-state index contributed by atoms with van der Waals surface area (Å²) in [5, 5.41) is 0. The number of ether oxygens (including phenoxy) is 2. The molecule has 1 aliphatic heterocycles. The minimum absolute atomic E-state index is 0.0889. The fraction of sp³-hybridized carbons (Fsp3) is 0.429. The minimum Gasteiger partial charge on any atom is -0.353 e. The lowest BCUT2D eigenvalue weighted by Gasteiger charge is -2.21. The maximum absolute atomic E-state index is 13.3. The molecule has 0 radical (unpaired) electrons. The van der Waals surface area contributed by atoms with Crippen molar-refractivity contribution >= 4 is 6.08 Å². The molecule has 0 aromatic heterocycles. The smallest absolute Gasteiger partial charge is 0.157 e. The summed E-state index contributed by atoms with van der Waals surface area (Å²) in [6, 6.07) is 6.68. The Labute approximate surface area is 101 Å². The first-order valence-corrected chi connectivity index (χ1v) is 6.00. The third-order valence-electron chi connectivity index (χ3n) is 2.72. The summed E-state index contributed by atoms with van der Waals surface area (Å²) in [7, 11) is 0. The summed E-state index contributed by atoms with van der Waals surface area (Å²) >= 11 is 0. The van der Waals surface area contributed by atoms with Crippen molar-refractivity contribution in [3.8, 4) is 0 Å². The number of hydrogen-bond acceptors (Lipinski definition) is 2. The molecule has 0 spiro atoms. The molecule has 0 bridgehead atoms. The molecule has 1 aliphatic rings. The van der Waals surface area contributed by atoms with Crippen molar-refractivity contribution in [1.82, 2.24) is 0 Å². The van der Waals surface area contributed by atoms with E-state index in [1.54, 1.807) is 18.2 Å². The predicted octanol–water partition coefficient (Wildman–Crippen LogP) is 3.38. The van der Waals surface area contributed by atoms with Gasteiger partial charge >= 0.3 is 0 Å². The van der Waals surface area contributed by atoms with Gasteiger partial charge in [-0.15, -0.1) is 0 Å².